The van der Waals surface area contributed by atoms with Crippen molar-refractivity contribution in [2.24, 2.45) is 0 Å². The predicted molar refractivity (Wildman–Crippen MR) is 73.0 cm³/mol. The maximum absolute atomic E-state index is 11.8. The molecule has 20 heavy (non-hydrogen) atoms. The highest BCUT2D eigenvalue weighted by Crippen LogP contribution is 2.07. The number of aliphatic hydroxyl groups excluding tert-OH is 1. The van der Waals surface area contributed by atoms with Gasteiger partial charge >= 0.3 is 5.69 Å². The maximum Gasteiger partial charge on any atom is 0.323 e. The molecule has 0 saturated heterocycles. The third-order valence-electron chi connectivity index (χ3n) is 2.60. The highest BCUT2D eigenvalue weighted by Gasteiger charge is 2.08. The van der Waals surface area contributed by atoms with Crippen LogP contribution in [0, 0.1) is 11.8 Å². The molecule has 1 amide bonds. The van der Waals surface area contributed by atoms with Gasteiger partial charge in [-0.05, 0) is 11.6 Å². The van der Waals surface area contributed by atoms with E-state index in [9.17, 15) is 9.59 Å². The second kappa shape index (κ2) is 6.41. The van der Waals surface area contributed by atoms with Crippen molar-refractivity contribution in [3.8, 4) is 11.8 Å². The largest absolute Gasteiger partial charge is 0.384 e. The SMILES string of the molecule is O=C(NCc1ccccc1C#CCO)c1c[nH]c(=O)[nH]1. The van der Waals surface area contributed by atoms with E-state index in [0.717, 1.165) is 11.1 Å². The Bertz CT molecular complexity index is 719. The Balaban J connectivity index is 2.07. The summed E-state index contributed by atoms with van der Waals surface area (Å²) in [6.07, 6.45) is 1.31. The fourth-order valence-corrected chi connectivity index (χ4v) is 1.66. The lowest BCUT2D eigenvalue weighted by Gasteiger charge is -2.06. The second-order valence-electron chi connectivity index (χ2n) is 3.96. The van der Waals surface area contributed by atoms with Crippen molar-refractivity contribution in [3.05, 3.63) is 57.8 Å². The fourth-order valence-electron chi connectivity index (χ4n) is 1.66. The first-order valence-corrected chi connectivity index (χ1v) is 5.94. The number of aromatic nitrogens is 2. The summed E-state index contributed by atoms with van der Waals surface area (Å²) in [4.78, 5) is 27.4. The Morgan fingerprint density at radius 1 is 1.35 bits per heavy atom. The summed E-state index contributed by atoms with van der Waals surface area (Å²) in [5.74, 6) is 5.00. The van der Waals surface area contributed by atoms with Gasteiger partial charge in [-0.2, -0.15) is 0 Å². The minimum absolute atomic E-state index is 0.175. The summed E-state index contributed by atoms with van der Waals surface area (Å²) in [7, 11) is 0. The van der Waals surface area contributed by atoms with Gasteiger partial charge in [0.25, 0.3) is 5.91 Å². The van der Waals surface area contributed by atoms with Gasteiger partial charge in [0.15, 0.2) is 0 Å². The lowest BCUT2D eigenvalue weighted by atomic mass is 10.1. The summed E-state index contributed by atoms with van der Waals surface area (Å²) in [5, 5.41) is 11.4. The first-order chi connectivity index (χ1) is 9.70. The minimum atomic E-state index is -0.427. The molecule has 1 aromatic carbocycles. The molecule has 0 fully saturated rings. The molecule has 2 rings (SSSR count). The second-order valence-corrected chi connectivity index (χ2v) is 3.96. The molecule has 0 aliphatic heterocycles. The molecule has 4 N–H and O–H groups in total. The van der Waals surface area contributed by atoms with Crippen LogP contribution in [0.25, 0.3) is 0 Å². The van der Waals surface area contributed by atoms with Crippen LogP contribution in [0.2, 0.25) is 0 Å². The number of aliphatic hydroxyl groups is 1. The van der Waals surface area contributed by atoms with Crippen LogP contribution < -0.4 is 11.0 Å². The van der Waals surface area contributed by atoms with Crippen molar-refractivity contribution in [2.75, 3.05) is 6.61 Å². The summed E-state index contributed by atoms with van der Waals surface area (Å²) < 4.78 is 0. The standard InChI is InChI=1S/C14H13N3O3/c18-7-3-6-10-4-1-2-5-11(10)8-15-13(19)12-9-16-14(20)17-12/h1-2,4-5,9,18H,7-8H2,(H,15,19)(H2,16,17,20). The molecule has 1 heterocycles. The van der Waals surface area contributed by atoms with E-state index in [4.69, 9.17) is 5.11 Å². The number of benzene rings is 1. The summed E-state index contributed by atoms with van der Waals surface area (Å²) in [5.41, 5.74) is 1.32. The number of rotatable bonds is 3. The van der Waals surface area contributed by atoms with Crippen LogP contribution in [0.1, 0.15) is 21.6 Å². The Hall–Kier alpha value is -2.78. The van der Waals surface area contributed by atoms with Crippen LogP contribution in [0.4, 0.5) is 0 Å². The summed E-state index contributed by atoms with van der Waals surface area (Å²) in [6.45, 7) is 0.0631. The zero-order valence-electron chi connectivity index (χ0n) is 10.6. The van der Waals surface area contributed by atoms with E-state index >= 15 is 0 Å². The molecule has 0 aliphatic carbocycles. The number of carbonyl (C=O) groups is 1. The van der Waals surface area contributed by atoms with Gasteiger partial charge in [-0.1, -0.05) is 30.0 Å². The third-order valence-corrected chi connectivity index (χ3v) is 2.60. The van der Waals surface area contributed by atoms with E-state index in [2.05, 4.69) is 27.1 Å². The van der Waals surface area contributed by atoms with Gasteiger partial charge in [0.05, 0.1) is 0 Å². The molecule has 0 radical (unpaired) electrons. The number of nitrogens with one attached hydrogen (secondary N) is 3. The Morgan fingerprint density at radius 2 is 2.15 bits per heavy atom. The van der Waals surface area contributed by atoms with Crippen molar-refractivity contribution >= 4 is 5.91 Å². The molecule has 6 nitrogen and oxygen atoms in total. The van der Waals surface area contributed by atoms with Gasteiger partial charge in [0, 0.05) is 18.3 Å². The molecule has 2 aromatic rings. The van der Waals surface area contributed by atoms with E-state index in [0.29, 0.717) is 0 Å². The Labute approximate surface area is 114 Å². The summed E-state index contributed by atoms with van der Waals surface area (Å²) >= 11 is 0. The van der Waals surface area contributed by atoms with Crippen LogP contribution in [-0.4, -0.2) is 27.6 Å². The van der Waals surface area contributed by atoms with E-state index in [1.807, 2.05) is 24.3 Å². The van der Waals surface area contributed by atoms with E-state index < -0.39 is 5.69 Å². The molecule has 6 heteroatoms. The van der Waals surface area contributed by atoms with Gasteiger partial charge in [0.1, 0.15) is 12.3 Å². The number of amides is 1. The van der Waals surface area contributed by atoms with Crippen LogP contribution in [0.5, 0.6) is 0 Å². The normalized spacial score (nSPS) is 9.65. The van der Waals surface area contributed by atoms with E-state index in [1.54, 1.807) is 0 Å². The third kappa shape index (κ3) is 3.37. The van der Waals surface area contributed by atoms with Gasteiger partial charge in [-0.15, -0.1) is 0 Å². The van der Waals surface area contributed by atoms with Crippen molar-refractivity contribution < 1.29 is 9.90 Å². The van der Waals surface area contributed by atoms with Crippen LogP contribution in [-0.2, 0) is 6.54 Å². The number of imidazole rings is 1. The molecule has 1 aromatic heterocycles. The van der Waals surface area contributed by atoms with Crippen LogP contribution in [0.15, 0.2) is 35.3 Å². The number of hydrogen-bond donors (Lipinski definition) is 4. The maximum atomic E-state index is 11.8. The lowest BCUT2D eigenvalue weighted by Crippen LogP contribution is -2.24. The molecule has 0 bridgehead atoms. The van der Waals surface area contributed by atoms with Crippen LogP contribution >= 0.6 is 0 Å². The van der Waals surface area contributed by atoms with E-state index in [-0.39, 0.29) is 24.8 Å². The minimum Gasteiger partial charge on any atom is -0.384 e. The van der Waals surface area contributed by atoms with Gasteiger partial charge in [-0.3, -0.25) is 4.79 Å². The number of carbonyl (C=O) groups excluding carboxylic acids is 1. The van der Waals surface area contributed by atoms with Crippen LogP contribution in [0.3, 0.4) is 0 Å². The molecular formula is C14H13N3O3. The highest BCUT2D eigenvalue weighted by atomic mass is 16.2. The van der Waals surface area contributed by atoms with Crippen molar-refractivity contribution in [1.29, 1.82) is 0 Å². The van der Waals surface area contributed by atoms with Gasteiger partial charge in [0.2, 0.25) is 0 Å². The molecule has 0 saturated carbocycles. The zero-order chi connectivity index (χ0) is 14.4. The van der Waals surface area contributed by atoms with Crippen molar-refractivity contribution in [3.63, 3.8) is 0 Å². The number of H-pyrrole nitrogens is 2. The zero-order valence-corrected chi connectivity index (χ0v) is 10.6. The number of aromatic amines is 2. The molecule has 0 unspecified atom stereocenters. The fraction of sp³-hybridized carbons (Fsp3) is 0.143. The smallest absolute Gasteiger partial charge is 0.323 e. The molecular weight excluding hydrogens is 258 g/mol. The van der Waals surface area contributed by atoms with Crippen molar-refractivity contribution in [1.82, 2.24) is 15.3 Å². The van der Waals surface area contributed by atoms with Crippen molar-refractivity contribution in [2.45, 2.75) is 6.54 Å². The first-order valence-electron chi connectivity index (χ1n) is 5.94. The number of hydrogen-bond acceptors (Lipinski definition) is 3. The lowest BCUT2D eigenvalue weighted by molar-refractivity contribution is 0.0946. The topological polar surface area (TPSA) is 98.0 Å². The Morgan fingerprint density at radius 3 is 2.85 bits per heavy atom. The predicted octanol–water partition coefficient (Wildman–Crippen LogP) is -0.0232. The molecule has 0 atom stereocenters. The molecule has 102 valence electrons. The Kier molecular flexibility index (Phi) is 4.37. The monoisotopic (exact) mass is 271 g/mol. The first kappa shape index (κ1) is 13.6. The molecule has 0 aliphatic rings. The highest BCUT2D eigenvalue weighted by molar-refractivity contribution is 5.91. The van der Waals surface area contributed by atoms with E-state index in [1.165, 1.54) is 6.20 Å². The van der Waals surface area contributed by atoms with Gasteiger partial charge < -0.3 is 20.4 Å². The van der Waals surface area contributed by atoms with Gasteiger partial charge in [-0.25, -0.2) is 4.79 Å². The molecule has 0 spiro atoms. The quantitative estimate of drug-likeness (QED) is 0.590. The summed E-state index contributed by atoms with van der Waals surface area (Å²) in [6, 6.07) is 7.31. The average Bonchev–Trinajstić information content (AvgIpc) is 2.90. The average molecular weight is 271 g/mol.